The van der Waals surface area contributed by atoms with Gasteiger partial charge in [0.2, 0.25) is 10.0 Å². The predicted molar refractivity (Wildman–Crippen MR) is 61.9 cm³/mol. The first-order valence-electron chi connectivity index (χ1n) is 5.73. The third-order valence-electron chi connectivity index (χ3n) is 3.16. The van der Waals surface area contributed by atoms with E-state index in [1.807, 2.05) is 0 Å². The topological polar surface area (TPSA) is 79.5 Å². The second-order valence-corrected chi connectivity index (χ2v) is 6.18. The molecule has 5 nitrogen and oxygen atoms in total. The molecule has 0 saturated heterocycles. The van der Waals surface area contributed by atoms with Crippen molar-refractivity contribution in [3.63, 3.8) is 0 Å². The predicted octanol–water partition coefficient (Wildman–Crippen LogP) is 1.16. The van der Waals surface area contributed by atoms with Crippen LogP contribution in [0.4, 0.5) is 0 Å². The van der Waals surface area contributed by atoms with E-state index >= 15 is 0 Å². The molecule has 2 rings (SSSR count). The van der Waals surface area contributed by atoms with Crippen LogP contribution in [-0.2, 0) is 16.6 Å². The van der Waals surface area contributed by atoms with E-state index in [2.05, 4.69) is 4.72 Å². The third kappa shape index (κ3) is 2.70. The second-order valence-electron chi connectivity index (χ2n) is 4.44. The Labute approximate surface area is 101 Å². The molecular formula is C11H17NO4S. The highest BCUT2D eigenvalue weighted by molar-refractivity contribution is 7.89. The molecule has 1 aromatic rings. The summed E-state index contributed by atoms with van der Waals surface area (Å²) in [6.07, 6.45) is 3.37. The van der Waals surface area contributed by atoms with Crippen LogP contribution in [0.3, 0.4) is 0 Å². The van der Waals surface area contributed by atoms with E-state index in [0.717, 1.165) is 12.8 Å². The van der Waals surface area contributed by atoms with Gasteiger partial charge in [-0.05, 0) is 25.7 Å². The molecule has 0 aliphatic heterocycles. The quantitative estimate of drug-likeness (QED) is 0.831. The van der Waals surface area contributed by atoms with Gasteiger partial charge in [0, 0.05) is 12.6 Å². The molecule has 1 aliphatic carbocycles. The summed E-state index contributed by atoms with van der Waals surface area (Å²) in [6.45, 7) is 1.78. The first-order chi connectivity index (χ1) is 8.03. The zero-order valence-electron chi connectivity index (χ0n) is 9.77. The molecule has 2 N–H and O–H groups in total. The van der Waals surface area contributed by atoms with E-state index < -0.39 is 10.0 Å². The van der Waals surface area contributed by atoms with Crippen LogP contribution in [0.25, 0.3) is 0 Å². The lowest BCUT2D eigenvalue weighted by Gasteiger charge is -2.25. The molecule has 0 bridgehead atoms. The van der Waals surface area contributed by atoms with Gasteiger partial charge in [-0.25, -0.2) is 13.1 Å². The lowest BCUT2D eigenvalue weighted by atomic mass is 9.86. The van der Waals surface area contributed by atoms with Gasteiger partial charge in [0.25, 0.3) is 0 Å². The number of hydrogen-bond acceptors (Lipinski definition) is 4. The van der Waals surface area contributed by atoms with Crippen molar-refractivity contribution in [2.75, 3.05) is 6.54 Å². The Kier molecular flexibility index (Phi) is 3.56. The summed E-state index contributed by atoms with van der Waals surface area (Å²) in [5.41, 5.74) is 0. The summed E-state index contributed by atoms with van der Waals surface area (Å²) >= 11 is 0. The molecule has 0 amide bonds. The number of aryl methyl sites for hydroxylation is 1. The third-order valence-corrected chi connectivity index (χ3v) is 4.69. The zero-order chi connectivity index (χ0) is 12.5. The Hall–Kier alpha value is -0.850. The molecule has 1 fully saturated rings. The number of furan rings is 1. The first-order valence-corrected chi connectivity index (χ1v) is 7.21. The molecule has 6 heteroatoms. The van der Waals surface area contributed by atoms with Crippen molar-refractivity contribution in [3.05, 3.63) is 17.6 Å². The minimum atomic E-state index is -3.51. The lowest BCUT2D eigenvalue weighted by Crippen LogP contribution is -2.32. The van der Waals surface area contributed by atoms with Crippen LogP contribution in [0.1, 0.15) is 30.8 Å². The highest BCUT2D eigenvalue weighted by Crippen LogP contribution is 2.26. The number of nitrogens with one attached hydrogen (secondary N) is 1. The van der Waals surface area contributed by atoms with E-state index in [4.69, 9.17) is 9.52 Å². The van der Waals surface area contributed by atoms with E-state index in [1.54, 1.807) is 6.92 Å². The average molecular weight is 259 g/mol. The number of aliphatic hydroxyl groups excluding tert-OH is 1. The Morgan fingerprint density at radius 2 is 2.24 bits per heavy atom. The molecule has 0 atom stereocenters. The minimum Gasteiger partial charge on any atom is -0.462 e. The number of rotatable bonds is 5. The molecule has 1 saturated carbocycles. The molecule has 0 unspecified atom stereocenters. The van der Waals surface area contributed by atoms with Crippen LogP contribution in [0, 0.1) is 12.8 Å². The van der Waals surface area contributed by atoms with Crippen LogP contribution in [-0.4, -0.2) is 20.1 Å². The Balaban J connectivity index is 2.09. The highest BCUT2D eigenvalue weighted by atomic mass is 32.2. The molecule has 17 heavy (non-hydrogen) atoms. The van der Waals surface area contributed by atoms with Crippen molar-refractivity contribution >= 4 is 10.0 Å². The summed E-state index contributed by atoms with van der Waals surface area (Å²) in [5.74, 6) is 1.05. The fourth-order valence-electron chi connectivity index (χ4n) is 1.87. The SMILES string of the molecule is Cc1oc(CO)cc1S(=O)(=O)NCC1CCC1. The standard InChI is InChI=1S/C11H17NO4S/c1-8-11(5-10(7-13)16-8)17(14,15)12-6-9-3-2-4-9/h5,9,12-13H,2-4,6-7H2,1H3. The molecular weight excluding hydrogens is 242 g/mol. The van der Waals surface area contributed by atoms with E-state index in [1.165, 1.54) is 12.5 Å². The van der Waals surface area contributed by atoms with Gasteiger partial charge < -0.3 is 9.52 Å². The maximum Gasteiger partial charge on any atom is 0.244 e. The Morgan fingerprint density at radius 3 is 2.71 bits per heavy atom. The van der Waals surface area contributed by atoms with E-state index in [-0.39, 0.29) is 17.3 Å². The maximum absolute atomic E-state index is 12.0. The Bertz CT molecular complexity index is 488. The van der Waals surface area contributed by atoms with Crippen LogP contribution >= 0.6 is 0 Å². The Morgan fingerprint density at radius 1 is 1.53 bits per heavy atom. The molecule has 1 aliphatic rings. The summed E-state index contributed by atoms with van der Waals surface area (Å²) in [4.78, 5) is 0.126. The average Bonchev–Trinajstić information content (AvgIpc) is 2.58. The minimum absolute atomic E-state index is 0.126. The van der Waals surface area contributed by atoms with Gasteiger partial charge in [0.15, 0.2) is 0 Å². The normalized spacial score (nSPS) is 17.1. The van der Waals surface area contributed by atoms with Gasteiger partial charge in [-0.2, -0.15) is 0 Å². The number of hydrogen-bond donors (Lipinski definition) is 2. The second kappa shape index (κ2) is 4.80. The van der Waals surface area contributed by atoms with Crippen molar-refractivity contribution in [1.29, 1.82) is 0 Å². The number of sulfonamides is 1. The summed E-state index contributed by atoms with van der Waals surface area (Å²) in [6, 6.07) is 1.37. The molecule has 1 heterocycles. The first kappa shape index (κ1) is 12.6. The van der Waals surface area contributed by atoms with E-state index in [9.17, 15) is 8.42 Å². The zero-order valence-corrected chi connectivity index (χ0v) is 10.6. The van der Waals surface area contributed by atoms with E-state index in [0.29, 0.717) is 18.2 Å². The molecule has 96 valence electrons. The van der Waals surface area contributed by atoms with Gasteiger partial charge >= 0.3 is 0 Å². The van der Waals surface area contributed by atoms with Crippen molar-refractivity contribution in [2.45, 2.75) is 37.7 Å². The summed E-state index contributed by atoms with van der Waals surface area (Å²) in [7, 11) is -3.51. The fraction of sp³-hybridized carbons (Fsp3) is 0.636. The summed E-state index contributed by atoms with van der Waals surface area (Å²) in [5, 5.41) is 8.90. The van der Waals surface area contributed by atoms with Gasteiger partial charge in [-0.3, -0.25) is 0 Å². The monoisotopic (exact) mass is 259 g/mol. The van der Waals surface area contributed by atoms with Crippen molar-refractivity contribution < 1.29 is 17.9 Å². The van der Waals surface area contributed by atoms with Gasteiger partial charge in [-0.1, -0.05) is 6.42 Å². The molecule has 0 spiro atoms. The van der Waals surface area contributed by atoms with Crippen molar-refractivity contribution in [1.82, 2.24) is 4.72 Å². The van der Waals surface area contributed by atoms with Gasteiger partial charge in [0.05, 0.1) is 0 Å². The fourth-order valence-corrected chi connectivity index (χ4v) is 3.19. The van der Waals surface area contributed by atoms with Crippen LogP contribution in [0.5, 0.6) is 0 Å². The highest BCUT2D eigenvalue weighted by Gasteiger charge is 2.24. The lowest BCUT2D eigenvalue weighted by molar-refractivity contribution is 0.244. The number of aliphatic hydroxyl groups is 1. The van der Waals surface area contributed by atoms with Crippen molar-refractivity contribution in [3.8, 4) is 0 Å². The maximum atomic E-state index is 12.0. The van der Waals surface area contributed by atoms with Crippen LogP contribution in [0.2, 0.25) is 0 Å². The van der Waals surface area contributed by atoms with Gasteiger partial charge in [-0.15, -0.1) is 0 Å². The van der Waals surface area contributed by atoms with Gasteiger partial charge in [0.1, 0.15) is 23.0 Å². The van der Waals surface area contributed by atoms with Crippen LogP contribution in [0.15, 0.2) is 15.4 Å². The largest absolute Gasteiger partial charge is 0.462 e. The smallest absolute Gasteiger partial charge is 0.244 e. The summed E-state index contributed by atoms with van der Waals surface area (Å²) < 4.78 is 31.7. The molecule has 0 radical (unpaired) electrons. The molecule has 1 aromatic heterocycles. The van der Waals surface area contributed by atoms with Crippen molar-refractivity contribution in [2.24, 2.45) is 5.92 Å². The van der Waals surface area contributed by atoms with Crippen LogP contribution < -0.4 is 4.72 Å². The molecule has 0 aromatic carbocycles.